The standard InChI is InChI=1S/C15H11BrCl2N2/c1-9-2-4-11(7-12(9)16)20-14-5-3-10(18)6-13(14)19-15(20)8-17/h2-7H,8H2,1H3. The predicted octanol–water partition coefficient (Wildman–Crippen LogP) is 5.49. The molecule has 0 unspecified atom stereocenters. The molecule has 0 aliphatic heterocycles. The first-order valence-corrected chi connectivity index (χ1v) is 7.80. The summed E-state index contributed by atoms with van der Waals surface area (Å²) in [5, 5.41) is 0.674. The summed E-state index contributed by atoms with van der Waals surface area (Å²) in [4.78, 5) is 4.55. The Balaban J connectivity index is 2.30. The van der Waals surface area contributed by atoms with Crippen LogP contribution in [-0.4, -0.2) is 9.55 Å². The Hall–Kier alpha value is -1.03. The van der Waals surface area contributed by atoms with E-state index in [9.17, 15) is 0 Å². The number of nitrogens with zero attached hydrogens (tertiary/aromatic N) is 2. The maximum Gasteiger partial charge on any atom is 0.129 e. The van der Waals surface area contributed by atoms with Crippen molar-refractivity contribution in [3.05, 3.63) is 57.3 Å². The zero-order valence-corrected chi connectivity index (χ0v) is 13.8. The molecular formula is C15H11BrCl2N2. The number of aromatic nitrogens is 2. The third-order valence-electron chi connectivity index (χ3n) is 3.22. The molecular weight excluding hydrogens is 359 g/mol. The van der Waals surface area contributed by atoms with Crippen molar-refractivity contribution in [2.45, 2.75) is 12.8 Å². The molecule has 1 aromatic heterocycles. The number of hydrogen-bond donors (Lipinski definition) is 0. The minimum atomic E-state index is 0.345. The molecule has 0 N–H and O–H groups in total. The van der Waals surface area contributed by atoms with Crippen LogP contribution in [0.5, 0.6) is 0 Å². The van der Waals surface area contributed by atoms with Gasteiger partial charge in [0.05, 0.1) is 16.9 Å². The van der Waals surface area contributed by atoms with E-state index in [2.05, 4.69) is 50.6 Å². The van der Waals surface area contributed by atoms with Crippen molar-refractivity contribution in [2.75, 3.05) is 0 Å². The molecule has 0 aliphatic carbocycles. The first-order valence-electron chi connectivity index (χ1n) is 6.09. The Labute approximate surface area is 135 Å². The van der Waals surface area contributed by atoms with Crippen LogP contribution >= 0.6 is 39.1 Å². The van der Waals surface area contributed by atoms with Gasteiger partial charge in [0.25, 0.3) is 0 Å². The van der Waals surface area contributed by atoms with Crippen LogP contribution in [0.3, 0.4) is 0 Å². The minimum absolute atomic E-state index is 0.345. The predicted molar refractivity (Wildman–Crippen MR) is 88.1 cm³/mol. The summed E-state index contributed by atoms with van der Waals surface area (Å²) >= 11 is 15.6. The van der Waals surface area contributed by atoms with Crippen molar-refractivity contribution in [2.24, 2.45) is 0 Å². The fourth-order valence-electron chi connectivity index (χ4n) is 2.20. The first-order chi connectivity index (χ1) is 9.60. The SMILES string of the molecule is Cc1ccc(-n2c(CCl)nc3cc(Cl)ccc32)cc1Br. The smallest absolute Gasteiger partial charge is 0.129 e. The van der Waals surface area contributed by atoms with Crippen molar-refractivity contribution in [1.82, 2.24) is 9.55 Å². The molecule has 0 bridgehead atoms. The molecule has 1 heterocycles. The molecule has 5 heteroatoms. The van der Waals surface area contributed by atoms with E-state index in [0.717, 1.165) is 27.0 Å². The molecule has 3 rings (SSSR count). The van der Waals surface area contributed by atoms with E-state index in [0.29, 0.717) is 10.9 Å². The van der Waals surface area contributed by atoms with E-state index in [1.807, 2.05) is 18.2 Å². The van der Waals surface area contributed by atoms with Gasteiger partial charge in [-0.05, 0) is 42.8 Å². The Morgan fingerprint density at radius 3 is 2.70 bits per heavy atom. The largest absolute Gasteiger partial charge is 0.295 e. The van der Waals surface area contributed by atoms with Gasteiger partial charge in [-0.3, -0.25) is 4.57 Å². The van der Waals surface area contributed by atoms with Gasteiger partial charge in [0, 0.05) is 15.2 Å². The van der Waals surface area contributed by atoms with Crippen LogP contribution in [0.15, 0.2) is 40.9 Å². The van der Waals surface area contributed by atoms with Gasteiger partial charge in [0.15, 0.2) is 0 Å². The van der Waals surface area contributed by atoms with Crippen molar-refractivity contribution in [3.8, 4) is 5.69 Å². The highest BCUT2D eigenvalue weighted by atomic mass is 79.9. The average Bonchev–Trinajstić information content (AvgIpc) is 2.79. The van der Waals surface area contributed by atoms with Crippen LogP contribution in [0.4, 0.5) is 0 Å². The topological polar surface area (TPSA) is 17.8 Å². The van der Waals surface area contributed by atoms with Gasteiger partial charge < -0.3 is 0 Å². The summed E-state index contributed by atoms with van der Waals surface area (Å²) in [6, 6.07) is 11.9. The maximum atomic E-state index is 6.04. The quantitative estimate of drug-likeness (QED) is 0.546. The van der Waals surface area contributed by atoms with E-state index >= 15 is 0 Å². The Kier molecular flexibility index (Phi) is 3.76. The molecule has 20 heavy (non-hydrogen) atoms. The highest BCUT2D eigenvalue weighted by molar-refractivity contribution is 9.10. The number of halogens is 3. The maximum absolute atomic E-state index is 6.04. The summed E-state index contributed by atoms with van der Waals surface area (Å²) in [7, 11) is 0. The molecule has 2 nitrogen and oxygen atoms in total. The summed E-state index contributed by atoms with van der Waals surface area (Å²) in [6.45, 7) is 2.06. The second kappa shape index (κ2) is 5.40. The lowest BCUT2D eigenvalue weighted by molar-refractivity contribution is 0.980. The minimum Gasteiger partial charge on any atom is -0.295 e. The second-order valence-corrected chi connectivity index (χ2v) is 6.12. The lowest BCUT2D eigenvalue weighted by Gasteiger charge is -2.09. The van der Waals surface area contributed by atoms with Gasteiger partial charge in [-0.2, -0.15) is 0 Å². The van der Waals surface area contributed by atoms with Crippen molar-refractivity contribution < 1.29 is 0 Å². The Bertz CT molecular complexity index is 796. The molecule has 0 atom stereocenters. The van der Waals surface area contributed by atoms with Crippen molar-refractivity contribution in [3.63, 3.8) is 0 Å². The van der Waals surface area contributed by atoms with Gasteiger partial charge >= 0.3 is 0 Å². The number of hydrogen-bond acceptors (Lipinski definition) is 1. The molecule has 3 aromatic rings. The van der Waals surface area contributed by atoms with Gasteiger partial charge in [-0.1, -0.05) is 33.6 Å². The highest BCUT2D eigenvalue weighted by Crippen LogP contribution is 2.27. The van der Waals surface area contributed by atoms with Crippen LogP contribution in [0.25, 0.3) is 16.7 Å². The molecule has 0 spiro atoms. The second-order valence-electron chi connectivity index (χ2n) is 4.56. The summed E-state index contributed by atoms with van der Waals surface area (Å²) in [6.07, 6.45) is 0. The van der Waals surface area contributed by atoms with Crippen molar-refractivity contribution >= 4 is 50.2 Å². The Morgan fingerprint density at radius 2 is 2.00 bits per heavy atom. The third kappa shape index (κ3) is 2.34. The summed E-state index contributed by atoms with van der Waals surface area (Å²) < 4.78 is 3.12. The van der Waals surface area contributed by atoms with Crippen LogP contribution in [0, 0.1) is 6.92 Å². The van der Waals surface area contributed by atoms with E-state index in [4.69, 9.17) is 23.2 Å². The molecule has 2 aromatic carbocycles. The Morgan fingerprint density at radius 1 is 1.20 bits per heavy atom. The van der Waals surface area contributed by atoms with Gasteiger partial charge in [-0.25, -0.2) is 4.98 Å². The molecule has 0 radical (unpaired) electrons. The van der Waals surface area contributed by atoms with Gasteiger partial charge in [0.2, 0.25) is 0 Å². The number of aryl methyl sites for hydroxylation is 1. The zero-order chi connectivity index (χ0) is 14.3. The highest BCUT2D eigenvalue weighted by Gasteiger charge is 2.12. The van der Waals surface area contributed by atoms with Crippen LogP contribution in [0.2, 0.25) is 5.02 Å². The fraction of sp³-hybridized carbons (Fsp3) is 0.133. The summed E-state index contributed by atoms with van der Waals surface area (Å²) in [5.74, 6) is 1.15. The van der Waals surface area contributed by atoms with Crippen LogP contribution in [0.1, 0.15) is 11.4 Å². The monoisotopic (exact) mass is 368 g/mol. The molecule has 0 aliphatic rings. The fourth-order valence-corrected chi connectivity index (χ4v) is 2.91. The van der Waals surface area contributed by atoms with E-state index in [1.54, 1.807) is 0 Å². The molecule has 0 saturated carbocycles. The van der Waals surface area contributed by atoms with E-state index < -0.39 is 0 Å². The normalized spacial score (nSPS) is 11.2. The molecule has 0 amide bonds. The van der Waals surface area contributed by atoms with Gasteiger partial charge in [-0.15, -0.1) is 11.6 Å². The number of rotatable bonds is 2. The lowest BCUT2D eigenvalue weighted by Crippen LogP contribution is -1.99. The lowest BCUT2D eigenvalue weighted by atomic mass is 10.2. The molecule has 0 saturated heterocycles. The summed E-state index contributed by atoms with van der Waals surface area (Å²) in [5.41, 5.74) is 4.07. The number of imidazole rings is 1. The van der Waals surface area contributed by atoms with Crippen molar-refractivity contribution in [1.29, 1.82) is 0 Å². The zero-order valence-electron chi connectivity index (χ0n) is 10.7. The number of alkyl halides is 1. The first kappa shape index (κ1) is 13.9. The number of benzene rings is 2. The van der Waals surface area contributed by atoms with Crippen LogP contribution in [-0.2, 0) is 5.88 Å². The molecule has 102 valence electrons. The number of fused-ring (bicyclic) bond motifs is 1. The van der Waals surface area contributed by atoms with Gasteiger partial charge in [0.1, 0.15) is 5.82 Å². The average molecular weight is 370 g/mol. The molecule has 0 fully saturated rings. The van der Waals surface area contributed by atoms with E-state index in [1.165, 1.54) is 5.56 Å². The van der Waals surface area contributed by atoms with E-state index in [-0.39, 0.29) is 0 Å². The van der Waals surface area contributed by atoms with Crippen LogP contribution < -0.4 is 0 Å². The third-order valence-corrected chi connectivity index (χ3v) is 4.55.